The number of thioether (sulfide) groups is 1. The normalized spacial score (nSPS) is 21.5. The van der Waals surface area contributed by atoms with E-state index in [1.54, 1.807) is 12.1 Å². The summed E-state index contributed by atoms with van der Waals surface area (Å²) >= 11 is 7.89. The monoisotopic (exact) mass is 288 g/mol. The van der Waals surface area contributed by atoms with Gasteiger partial charge in [-0.1, -0.05) is 11.6 Å². The number of benzene rings is 1. The summed E-state index contributed by atoms with van der Waals surface area (Å²) < 4.78 is 13.9. The predicted molar refractivity (Wildman–Crippen MR) is 76.7 cm³/mol. The van der Waals surface area contributed by atoms with Crippen molar-refractivity contribution in [1.82, 2.24) is 4.90 Å². The largest absolute Gasteiger partial charge is 0.329 e. The topological polar surface area (TPSA) is 29.3 Å². The highest BCUT2D eigenvalue weighted by molar-refractivity contribution is 7.99. The third-order valence-electron chi connectivity index (χ3n) is 3.51. The molecule has 1 saturated heterocycles. The fourth-order valence-electron chi connectivity index (χ4n) is 2.38. The standard InChI is InChI=1S/C13H18ClFN2S/c1-17(10-4-5-18-8-10)13(7-16)11-6-9(14)2-3-12(11)15/h2-3,6,10,13H,4-5,7-8,16H2,1H3. The first-order chi connectivity index (χ1) is 8.63. The van der Waals surface area contributed by atoms with Crippen LogP contribution in [0.1, 0.15) is 18.0 Å². The minimum absolute atomic E-state index is 0.104. The summed E-state index contributed by atoms with van der Waals surface area (Å²) in [5.41, 5.74) is 6.44. The van der Waals surface area contributed by atoms with Crippen LogP contribution in [0.15, 0.2) is 18.2 Å². The Morgan fingerprint density at radius 2 is 2.39 bits per heavy atom. The molecule has 0 aromatic heterocycles. The zero-order valence-electron chi connectivity index (χ0n) is 10.4. The van der Waals surface area contributed by atoms with E-state index in [-0.39, 0.29) is 11.9 Å². The Morgan fingerprint density at radius 1 is 1.61 bits per heavy atom. The number of rotatable bonds is 4. The first-order valence-electron chi connectivity index (χ1n) is 6.08. The van der Waals surface area contributed by atoms with Crippen LogP contribution in [0.5, 0.6) is 0 Å². The number of nitrogens with zero attached hydrogens (tertiary/aromatic N) is 1. The lowest BCUT2D eigenvalue weighted by Gasteiger charge is -2.32. The summed E-state index contributed by atoms with van der Waals surface area (Å²) in [6.45, 7) is 0.398. The van der Waals surface area contributed by atoms with E-state index < -0.39 is 0 Å². The van der Waals surface area contributed by atoms with E-state index >= 15 is 0 Å². The van der Waals surface area contributed by atoms with Gasteiger partial charge >= 0.3 is 0 Å². The summed E-state index contributed by atoms with van der Waals surface area (Å²) in [4.78, 5) is 2.19. The molecule has 18 heavy (non-hydrogen) atoms. The van der Waals surface area contributed by atoms with Crippen molar-refractivity contribution in [3.8, 4) is 0 Å². The number of likely N-dealkylation sites (N-methyl/N-ethyl adjacent to an activating group) is 1. The molecule has 0 aliphatic carbocycles. The molecule has 2 rings (SSSR count). The van der Waals surface area contributed by atoms with Gasteiger partial charge in [-0.2, -0.15) is 11.8 Å². The highest BCUT2D eigenvalue weighted by atomic mass is 35.5. The zero-order chi connectivity index (χ0) is 13.1. The van der Waals surface area contributed by atoms with Crippen molar-refractivity contribution in [2.24, 2.45) is 5.73 Å². The second-order valence-corrected chi connectivity index (χ2v) is 6.19. The first-order valence-corrected chi connectivity index (χ1v) is 7.61. The van der Waals surface area contributed by atoms with Crippen molar-refractivity contribution in [3.63, 3.8) is 0 Å². The lowest BCUT2D eigenvalue weighted by molar-refractivity contribution is 0.189. The molecule has 2 nitrogen and oxygen atoms in total. The average molecular weight is 289 g/mol. The summed E-state index contributed by atoms with van der Waals surface area (Å²) in [5, 5.41) is 0.555. The van der Waals surface area contributed by atoms with Crippen LogP contribution in [0.25, 0.3) is 0 Å². The molecule has 0 radical (unpaired) electrons. The van der Waals surface area contributed by atoms with Gasteiger partial charge in [0.25, 0.3) is 0 Å². The quantitative estimate of drug-likeness (QED) is 0.924. The summed E-state index contributed by atoms with van der Waals surface area (Å²) in [7, 11) is 2.02. The third-order valence-corrected chi connectivity index (χ3v) is 4.89. The van der Waals surface area contributed by atoms with E-state index in [0.29, 0.717) is 23.2 Å². The van der Waals surface area contributed by atoms with E-state index in [1.807, 2.05) is 18.8 Å². The van der Waals surface area contributed by atoms with Gasteiger partial charge in [0.2, 0.25) is 0 Å². The Balaban J connectivity index is 2.23. The molecule has 1 heterocycles. The van der Waals surface area contributed by atoms with Gasteiger partial charge in [0, 0.05) is 35.0 Å². The van der Waals surface area contributed by atoms with Gasteiger partial charge in [-0.3, -0.25) is 4.90 Å². The van der Waals surface area contributed by atoms with Crippen molar-refractivity contribution in [3.05, 3.63) is 34.6 Å². The molecule has 5 heteroatoms. The maximum atomic E-state index is 13.9. The Labute approximate surface area is 117 Å². The Hall–Kier alpha value is -0.290. The molecular weight excluding hydrogens is 271 g/mol. The van der Waals surface area contributed by atoms with Gasteiger partial charge in [-0.05, 0) is 37.4 Å². The summed E-state index contributed by atoms with van der Waals surface area (Å²) in [6, 6.07) is 5.04. The zero-order valence-corrected chi connectivity index (χ0v) is 12.0. The van der Waals surface area contributed by atoms with E-state index in [9.17, 15) is 4.39 Å². The fraction of sp³-hybridized carbons (Fsp3) is 0.538. The van der Waals surface area contributed by atoms with Crippen molar-refractivity contribution < 1.29 is 4.39 Å². The molecule has 2 unspecified atom stereocenters. The van der Waals surface area contributed by atoms with Crippen LogP contribution in [0.4, 0.5) is 4.39 Å². The van der Waals surface area contributed by atoms with Gasteiger partial charge < -0.3 is 5.73 Å². The summed E-state index contributed by atoms with van der Waals surface area (Å²) in [6.07, 6.45) is 1.14. The lowest BCUT2D eigenvalue weighted by atomic mass is 10.0. The van der Waals surface area contributed by atoms with E-state index in [1.165, 1.54) is 11.8 Å². The van der Waals surface area contributed by atoms with Gasteiger partial charge in [-0.25, -0.2) is 4.39 Å². The lowest BCUT2D eigenvalue weighted by Crippen LogP contribution is -2.39. The Morgan fingerprint density at radius 3 is 3.00 bits per heavy atom. The first kappa shape index (κ1) is 14.1. The van der Waals surface area contributed by atoms with Crippen LogP contribution in [0, 0.1) is 5.82 Å². The van der Waals surface area contributed by atoms with Crippen LogP contribution in [-0.2, 0) is 0 Å². The average Bonchev–Trinajstić information content (AvgIpc) is 2.88. The molecule has 0 spiro atoms. The maximum absolute atomic E-state index is 13.9. The van der Waals surface area contributed by atoms with Crippen molar-refractivity contribution in [2.75, 3.05) is 25.1 Å². The van der Waals surface area contributed by atoms with E-state index in [2.05, 4.69) is 4.90 Å². The Kier molecular flexibility index (Phi) is 4.90. The van der Waals surface area contributed by atoms with Crippen LogP contribution < -0.4 is 5.73 Å². The van der Waals surface area contributed by atoms with Gasteiger partial charge in [0.05, 0.1) is 0 Å². The predicted octanol–water partition coefficient (Wildman–Crippen LogP) is 2.92. The van der Waals surface area contributed by atoms with Crippen molar-refractivity contribution in [1.29, 1.82) is 0 Å². The van der Waals surface area contributed by atoms with Gasteiger partial charge in [0.1, 0.15) is 5.82 Å². The molecule has 1 aromatic rings. The van der Waals surface area contributed by atoms with Gasteiger partial charge in [-0.15, -0.1) is 0 Å². The minimum Gasteiger partial charge on any atom is -0.329 e. The van der Waals surface area contributed by atoms with Crippen molar-refractivity contribution >= 4 is 23.4 Å². The second kappa shape index (κ2) is 6.24. The van der Waals surface area contributed by atoms with E-state index in [4.69, 9.17) is 17.3 Å². The highest BCUT2D eigenvalue weighted by Crippen LogP contribution is 2.30. The minimum atomic E-state index is -0.229. The molecule has 100 valence electrons. The second-order valence-electron chi connectivity index (χ2n) is 4.60. The Bertz CT molecular complexity index is 410. The number of hydrogen-bond donors (Lipinski definition) is 1. The van der Waals surface area contributed by atoms with E-state index in [0.717, 1.165) is 12.2 Å². The van der Waals surface area contributed by atoms with Gasteiger partial charge in [0.15, 0.2) is 0 Å². The number of nitrogens with two attached hydrogens (primary N) is 1. The number of halogens is 2. The third kappa shape index (κ3) is 2.99. The molecule has 0 amide bonds. The molecule has 1 aromatic carbocycles. The molecule has 2 N–H and O–H groups in total. The molecule has 1 aliphatic rings. The summed E-state index contributed by atoms with van der Waals surface area (Å²) in [5.74, 6) is 2.03. The molecule has 1 fully saturated rings. The van der Waals surface area contributed by atoms with Crippen LogP contribution in [0.2, 0.25) is 5.02 Å². The van der Waals surface area contributed by atoms with Crippen LogP contribution in [0.3, 0.4) is 0 Å². The maximum Gasteiger partial charge on any atom is 0.128 e. The number of hydrogen-bond acceptors (Lipinski definition) is 3. The smallest absolute Gasteiger partial charge is 0.128 e. The SMILES string of the molecule is CN(C1CCSC1)C(CN)c1cc(Cl)ccc1F. The molecular formula is C13H18ClFN2S. The molecule has 0 saturated carbocycles. The van der Waals surface area contributed by atoms with Crippen molar-refractivity contribution in [2.45, 2.75) is 18.5 Å². The molecule has 1 aliphatic heterocycles. The molecule has 2 atom stereocenters. The highest BCUT2D eigenvalue weighted by Gasteiger charge is 2.27. The molecule has 0 bridgehead atoms. The fourth-order valence-corrected chi connectivity index (χ4v) is 3.84. The van der Waals surface area contributed by atoms with Crippen LogP contribution >= 0.6 is 23.4 Å². The van der Waals surface area contributed by atoms with Crippen LogP contribution in [-0.4, -0.2) is 36.0 Å².